The number of aromatic nitrogens is 1. The summed E-state index contributed by atoms with van der Waals surface area (Å²) in [5, 5.41) is 5.20. The van der Waals surface area contributed by atoms with E-state index in [1.807, 2.05) is 11.3 Å². The van der Waals surface area contributed by atoms with Crippen molar-refractivity contribution in [2.24, 2.45) is 0 Å². The molecule has 10 aromatic carbocycles. The molecule has 62 heavy (non-hydrogen) atoms. The SMILES string of the molecule is c1ccc(-c2cc(-c3ccccc3)cc(-c3ccc(-c4ccc5sc6ccc7c(c8ccccc8n7-c7ccccc7)c6c5c4)c(-c4cccc(-c5ccccc5)c4)c3)c2)cc1. The molecule has 0 atom stereocenters. The maximum atomic E-state index is 2.45. The van der Waals surface area contributed by atoms with Gasteiger partial charge in [0.2, 0.25) is 0 Å². The Morgan fingerprint density at radius 3 is 1.45 bits per heavy atom. The van der Waals surface area contributed by atoms with E-state index in [1.54, 1.807) is 0 Å². The maximum Gasteiger partial charge on any atom is 0.0548 e. The van der Waals surface area contributed by atoms with Gasteiger partial charge >= 0.3 is 0 Å². The van der Waals surface area contributed by atoms with Crippen LogP contribution in [0.2, 0.25) is 0 Å². The summed E-state index contributed by atoms with van der Waals surface area (Å²) in [6.07, 6.45) is 0. The van der Waals surface area contributed by atoms with Crippen molar-refractivity contribution in [2.75, 3.05) is 0 Å². The first-order valence-corrected chi connectivity index (χ1v) is 22.1. The number of para-hydroxylation sites is 2. The molecule has 0 saturated carbocycles. The van der Waals surface area contributed by atoms with Crippen molar-refractivity contribution in [3.05, 3.63) is 237 Å². The highest BCUT2D eigenvalue weighted by Gasteiger charge is 2.19. The zero-order valence-electron chi connectivity index (χ0n) is 33.9. The van der Waals surface area contributed by atoms with E-state index in [-0.39, 0.29) is 0 Å². The van der Waals surface area contributed by atoms with Crippen LogP contribution in [0.5, 0.6) is 0 Å². The Balaban J connectivity index is 1.09. The maximum absolute atomic E-state index is 2.45. The van der Waals surface area contributed by atoms with Crippen molar-refractivity contribution in [2.45, 2.75) is 0 Å². The summed E-state index contributed by atoms with van der Waals surface area (Å²) in [5.74, 6) is 0. The van der Waals surface area contributed by atoms with E-state index in [4.69, 9.17) is 0 Å². The third-order valence-electron chi connectivity index (χ3n) is 12.4. The molecule has 2 aromatic heterocycles. The van der Waals surface area contributed by atoms with Crippen LogP contribution in [0, 0.1) is 0 Å². The molecular weight excluding hydrogens is 767 g/mol. The minimum Gasteiger partial charge on any atom is -0.309 e. The van der Waals surface area contributed by atoms with E-state index in [9.17, 15) is 0 Å². The molecule has 1 nitrogen and oxygen atoms in total. The number of hydrogen-bond acceptors (Lipinski definition) is 1. The van der Waals surface area contributed by atoms with Crippen LogP contribution in [-0.4, -0.2) is 4.57 Å². The molecule has 0 bridgehead atoms. The lowest BCUT2D eigenvalue weighted by Gasteiger charge is -2.16. The van der Waals surface area contributed by atoms with Crippen molar-refractivity contribution >= 4 is 53.3 Å². The average molecular weight is 806 g/mol. The predicted molar refractivity (Wildman–Crippen MR) is 266 cm³/mol. The standard InChI is InChI=1S/C60H39NS/c1-5-16-40(17-6-1)43-22-15-23-45(34-43)53-38-44(49-36-47(41-18-7-2-8-19-41)35-48(37-49)42-20-9-3-10-21-42)28-30-51(53)46-29-32-57-54(39-46)60-58(62-57)33-31-56-59(60)52-26-13-14-27-55(52)61(56)50-24-11-4-12-25-50/h1-39H. The normalized spacial score (nSPS) is 11.5. The van der Waals surface area contributed by atoms with Gasteiger partial charge in [-0.1, -0.05) is 164 Å². The van der Waals surface area contributed by atoms with Crippen molar-refractivity contribution < 1.29 is 0 Å². The van der Waals surface area contributed by atoms with Crippen LogP contribution in [0.15, 0.2) is 237 Å². The molecule has 2 heteroatoms. The Kier molecular flexibility index (Phi) is 8.76. The van der Waals surface area contributed by atoms with Crippen LogP contribution in [0.1, 0.15) is 0 Å². The highest BCUT2D eigenvalue weighted by Crippen LogP contribution is 2.46. The van der Waals surface area contributed by atoms with Crippen LogP contribution in [0.25, 0.3) is 114 Å². The molecule has 0 N–H and O–H groups in total. The van der Waals surface area contributed by atoms with Gasteiger partial charge in [0.15, 0.2) is 0 Å². The fourth-order valence-electron chi connectivity index (χ4n) is 9.45. The Morgan fingerprint density at radius 1 is 0.258 bits per heavy atom. The minimum absolute atomic E-state index is 1.17. The van der Waals surface area contributed by atoms with Crippen LogP contribution >= 0.6 is 11.3 Å². The summed E-state index contributed by atoms with van der Waals surface area (Å²) in [6, 6.07) is 86.7. The number of fused-ring (bicyclic) bond motifs is 7. The Morgan fingerprint density at radius 2 is 0.758 bits per heavy atom. The molecule has 0 spiro atoms. The van der Waals surface area contributed by atoms with Gasteiger partial charge in [0.25, 0.3) is 0 Å². The summed E-state index contributed by atoms with van der Waals surface area (Å²) in [5.41, 5.74) is 18.0. The monoisotopic (exact) mass is 805 g/mol. The van der Waals surface area contributed by atoms with Crippen molar-refractivity contribution in [1.29, 1.82) is 0 Å². The number of rotatable bonds is 7. The molecule has 0 amide bonds. The second kappa shape index (κ2) is 15.0. The predicted octanol–water partition coefficient (Wildman–Crippen LogP) is 17.2. The van der Waals surface area contributed by atoms with Crippen molar-refractivity contribution in [3.8, 4) is 72.4 Å². The second-order valence-corrected chi connectivity index (χ2v) is 17.2. The molecule has 290 valence electrons. The largest absolute Gasteiger partial charge is 0.309 e. The molecule has 0 aliphatic carbocycles. The van der Waals surface area contributed by atoms with Gasteiger partial charge in [-0.15, -0.1) is 11.3 Å². The lowest BCUT2D eigenvalue weighted by Crippen LogP contribution is -1.92. The number of nitrogens with zero attached hydrogens (tertiary/aromatic N) is 1. The van der Waals surface area contributed by atoms with E-state index in [0.717, 1.165) is 0 Å². The molecule has 12 aromatic rings. The first-order valence-electron chi connectivity index (χ1n) is 21.2. The molecular formula is C60H39NS. The highest BCUT2D eigenvalue weighted by atomic mass is 32.1. The molecule has 2 heterocycles. The first kappa shape index (κ1) is 36.1. The molecule has 0 aliphatic heterocycles. The van der Waals surface area contributed by atoms with Crippen LogP contribution in [-0.2, 0) is 0 Å². The molecule has 0 fully saturated rings. The fourth-order valence-corrected chi connectivity index (χ4v) is 10.5. The van der Waals surface area contributed by atoms with Gasteiger partial charge in [0.05, 0.1) is 11.0 Å². The number of hydrogen-bond donors (Lipinski definition) is 0. The summed E-state index contributed by atoms with van der Waals surface area (Å²) in [6.45, 7) is 0. The van der Waals surface area contributed by atoms with Crippen molar-refractivity contribution in [1.82, 2.24) is 4.57 Å². The lowest BCUT2D eigenvalue weighted by atomic mass is 9.88. The summed E-state index contributed by atoms with van der Waals surface area (Å²) in [4.78, 5) is 0. The van der Waals surface area contributed by atoms with E-state index in [2.05, 4.69) is 241 Å². The summed E-state index contributed by atoms with van der Waals surface area (Å²) in [7, 11) is 0. The minimum atomic E-state index is 1.17. The average Bonchev–Trinajstić information content (AvgIpc) is 3.90. The highest BCUT2D eigenvalue weighted by molar-refractivity contribution is 7.26. The molecule has 12 rings (SSSR count). The van der Waals surface area contributed by atoms with E-state index < -0.39 is 0 Å². The van der Waals surface area contributed by atoms with Crippen LogP contribution in [0.3, 0.4) is 0 Å². The second-order valence-electron chi connectivity index (χ2n) is 16.1. The fraction of sp³-hybridized carbons (Fsp3) is 0. The van der Waals surface area contributed by atoms with E-state index in [1.165, 1.54) is 114 Å². The molecule has 0 unspecified atom stereocenters. The van der Waals surface area contributed by atoms with Gasteiger partial charge in [-0.3, -0.25) is 0 Å². The first-order chi connectivity index (χ1) is 30.7. The van der Waals surface area contributed by atoms with Crippen LogP contribution in [0.4, 0.5) is 0 Å². The zero-order valence-corrected chi connectivity index (χ0v) is 34.7. The Bertz CT molecular complexity index is 3540. The topological polar surface area (TPSA) is 4.93 Å². The molecule has 0 aliphatic rings. The number of benzene rings is 10. The van der Waals surface area contributed by atoms with Crippen LogP contribution < -0.4 is 0 Å². The smallest absolute Gasteiger partial charge is 0.0548 e. The molecule has 0 saturated heterocycles. The quantitative estimate of drug-likeness (QED) is 0.151. The lowest BCUT2D eigenvalue weighted by molar-refractivity contribution is 1.18. The van der Waals surface area contributed by atoms with Gasteiger partial charge in [-0.25, -0.2) is 0 Å². The third-order valence-corrected chi connectivity index (χ3v) is 13.5. The Labute approximate surface area is 365 Å². The van der Waals surface area contributed by atoms with Gasteiger partial charge in [-0.2, -0.15) is 0 Å². The van der Waals surface area contributed by atoms with Gasteiger partial charge < -0.3 is 4.57 Å². The summed E-state index contributed by atoms with van der Waals surface area (Å²) >= 11 is 1.88. The van der Waals surface area contributed by atoms with Crippen molar-refractivity contribution in [3.63, 3.8) is 0 Å². The third kappa shape index (κ3) is 6.24. The van der Waals surface area contributed by atoms with Gasteiger partial charge in [0, 0.05) is 36.6 Å². The Hall–Kier alpha value is -7.78. The van der Waals surface area contributed by atoms with Gasteiger partial charge in [0.1, 0.15) is 0 Å². The van der Waals surface area contributed by atoms with E-state index in [0.29, 0.717) is 0 Å². The molecule has 0 radical (unpaired) electrons. The van der Waals surface area contributed by atoms with Gasteiger partial charge in [-0.05, 0) is 140 Å². The number of thiophene rings is 1. The summed E-state index contributed by atoms with van der Waals surface area (Å²) < 4.78 is 5.02. The van der Waals surface area contributed by atoms with E-state index >= 15 is 0 Å². The zero-order chi connectivity index (χ0) is 41.0.